The van der Waals surface area contributed by atoms with Gasteiger partial charge in [0.25, 0.3) is 0 Å². The molecule has 30 heavy (non-hydrogen) atoms. The van der Waals surface area contributed by atoms with Gasteiger partial charge in [0.15, 0.2) is 5.78 Å². The summed E-state index contributed by atoms with van der Waals surface area (Å²) < 4.78 is 5.88. The predicted molar refractivity (Wildman–Crippen MR) is 122 cm³/mol. The normalized spacial score (nSPS) is 10.6. The number of nitrogens with zero attached hydrogens (tertiary/aromatic N) is 1. The van der Waals surface area contributed by atoms with Gasteiger partial charge >= 0.3 is 0 Å². The molecule has 0 atom stereocenters. The van der Waals surface area contributed by atoms with Gasteiger partial charge in [-0.25, -0.2) is 4.98 Å². The smallest absolute Gasteiger partial charge is 0.196 e. The molecule has 1 heterocycles. The summed E-state index contributed by atoms with van der Waals surface area (Å²) in [4.78, 5) is 17.5. The number of hydrogen-bond donors (Lipinski definition) is 1. The van der Waals surface area contributed by atoms with Crippen molar-refractivity contribution in [1.82, 2.24) is 4.98 Å². The first-order valence-corrected chi connectivity index (χ1v) is 10.8. The van der Waals surface area contributed by atoms with E-state index < -0.39 is 0 Å². The molecule has 3 aromatic rings. The molecule has 0 aliphatic carbocycles. The Hall–Kier alpha value is -3.14. The number of nitrogens with one attached hydrogen (secondary N) is 1. The van der Waals surface area contributed by atoms with Crippen molar-refractivity contribution in [3.05, 3.63) is 89.6 Å². The van der Waals surface area contributed by atoms with E-state index in [2.05, 4.69) is 17.2 Å². The Morgan fingerprint density at radius 2 is 1.77 bits per heavy atom. The quantitative estimate of drug-likeness (QED) is 0.286. The van der Waals surface area contributed by atoms with Crippen LogP contribution in [0.1, 0.15) is 60.5 Å². The third kappa shape index (κ3) is 6.45. The second-order valence-electron chi connectivity index (χ2n) is 7.37. The highest BCUT2D eigenvalue weighted by Gasteiger charge is 2.15. The number of ether oxygens (including phenoxy) is 1. The lowest BCUT2D eigenvalue weighted by atomic mass is 10.0. The van der Waals surface area contributed by atoms with E-state index in [1.165, 1.54) is 25.7 Å². The molecular formula is C26H30N2O2. The molecule has 0 amide bonds. The monoisotopic (exact) mass is 402 g/mol. The minimum atomic E-state index is -0.0539. The van der Waals surface area contributed by atoms with Gasteiger partial charge in [-0.3, -0.25) is 4.79 Å². The molecule has 4 nitrogen and oxygen atoms in total. The molecule has 4 heteroatoms. The molecule has 3 rings (SSSR count). The van der Waals surface area contributed by atoms with Gasteiger partial charge in [0.2, 0.25) is 0 Å². The summed E-state index contributed by atoms with van der Waals surface area (Å²) in [5.74, 6) is 1.27. The van der Waals surface area contributed by atoms with Crippen molar-refractivity contribution in [2.24, 2.45) is 0 Å². The maximum atomic E-state index is 13.1. The summed E-state index contributed by atoms with van der Waals surface area (Å²) in [6.45, 7) is 3.50. The molecule has 1 N–H and O–H groups in total. The van der Waals surface area contributed by atoms with Gasteiger partial charge < -0.3 is 10.1 Å². The van der Waals surface area contributed by atoms with E-state index in [0.29, 0.717) is 29.3 Å². The van der Waals surface area contributed by atoms with Gasteiger partial charge in [0.05, 0.1) is 5.56 Å². The van der Waals surface area contributed by atoms with E-state index in [1.54, 1.807) is 18.3 Å². The number of rotatable bonds is 12. The van der Waals surface area contributed by atoms with Crippen LogP contribution in [0.5, 0.6) is 5.75 Å². The van der Waals surface area contributed by atoms with Crippen LogP contribution in [-0.4, -0.2) is 17.3 Å². The molecule has 0 spiro atoms. The van der Waals surface area contributed by atoms with Crippen molar-refractivity contribution >= 4 is 11.6 Å². The van der Waals surface area contributed by atoms with Crippen LogP contribution >= 0.6 is 0 Å². The summed E-state index contributed by atoms with van der Waals surface area (Å²) in [6, 6.07) is 21.0. The average molecular weight is 403 g/mol. The highest BCUT2D eigenvalue weighted by molar-refractivity contribution is 6.12. The van der Waals surface area contributed by atoms with Crippen LogP contribution in [0, 0.1) is 0 Å². The second kappa shape index (κ2) is 11.8. The summed E-state index contributed by atoms with van der Waals surface area (Å²) in [6.07, 6.45) is 7.75. The number of carbonyl (C=O) groups is 1. The maximum absolute atomic E-state index is 13.1. The van der Waals surface area contributed by atoms with Crippen molar-refractivity contribution in [1.29, 1.82) is 0 Å². The topological polar surface area (TPSA) is 51.2 Å². The average Bonchev–Trinajstić information content (AvgIpc) is 2.81. The predicted octanol–water partition coefficient (Wildman–Crippen LogP) is 6.27. The Balaban J connectivity index is 1.63. The van der Waals surface area contributed by atoms with Crippen LogP contribution in [0.3, 0.4) is 0 Å². The van der Waals surface area contributed by atoms with Crippen molar-refractivity contribution in [2.45, 2.75) is 45.6 Å². The van der Waals surface area contributed by atoms with E-state index in [0.717, 1.165) is 18.5 Å². The number of carbonyl (C=O) groups excluding carboxylic acids is 1. The fourth-order valence-corrected chi connectivity index (χ4v) is 3.29. The van der Waals surface area contributed by atoms with E-state index in [-0.39, 0.29) is 5.78 Å². The molecule has 0 aliphatic rings. The standard InChI is InChI=1S/C26H30N2O2/c1-2-3-4-5-9-17-27-26-24(16-11-18-28-26)25(29)22-14-10-15-23(19-22)30-20-21-12-7-6-8-13-21/h6-8,10-16,18-19H,2-5,9,17,20H2,1H3,(H,27,28). The Labute approximate surface area is 179 Å². The van der Waals surface area contributed by atoms with E-state index in [1.807, 2.05) is 54.6 Å². The molecule has 0 saturated heterocycles. The van der Waals surface area contributed by atoms with Gasteiger partial charge in [-0.1, -0.05) is 75.1 Å². The molecule has 0 bridgehead atoms. The third-order valence-corrected chi connectivity index (χ3v) is 4.97. The number of aromatic nitrogens is 1. The summed E-state index contributed by atoms with van der Waals surface area (Å²) in [7, 11) is 0. The molecular weight excluding hydrogens is 372 g/mol. The summed E-state index contributed by atoms with van der Waals surface area (Å²) >= 11 is 0. The molecule has 156 valence electrons. The van der Waals surface area contributed by atoms with E-state index in [4.69, 9.17) is 4.74 Å². The molecule has 0 aliphatic heterocycles. The fraction of sp³-hybridized carbons (Fsp3) is 0.308. The Kier molecular flexibility index (Phi) is 8.46. The van der Waals surface area contributed by atoms with Crippen LogP contribution in [0.2, 0.25) is 0 Å². The molecule has 1 aromatic heterocycles. The van der Waals surface area contributed by atoms with Crippen LogP contribution in [0.25, 0.3) is 0 Å². The Morgan fingerprint density at radius 1 is 0.933 bits per heavy atom. The second-order valence-corrected chi connectivity index (χ2v) is 7.37. The first-order valence-electron chi connectivity index (χ1n) is 10.8. The first-order chi connectivity index (χ1) is 14.8. The number of anilines is 1. The fourth-order valence-electron chi connectivity index (χ4n) is 3.29. The lowest BCUT2D eigenvalue weighted by molar-refractivity contribution is 0.103. The highest BCUT2D eigenvalue weighted by Crippen LogP contribution is 2.21. The maximum Gasteiger partial charge on any atom is 0.196 e. The molecule has 0 saturated carbocycles. The minimum absolute atomic E-state index is 0.0539. The minimum Gasteiger partial charge on any atom is -0.489 e. The number of pyridine rings is 1. The highest BCUT2D eigenvalue weighted by atomic mass is 16.5. The van der Waals surface area contributed by atoms with Crippen LogP contribution in [-0.2, 0) is 6.61 Å². The zero-order valence-corrected chi connectivity index (χ0v) is 17.6. The first kappa shape index (κ1) is 21.6. The van der Waals surface area contributed by atoms with Gasteiger partial charge in [0, 0.05) is 18.3 Å². The van der Waals surface area contributed by atoms with Crippen molar-refractivity contribution < 1.29 is 9.53 Å². The zero-order chi connectivity index (χ0) is 21.0. The number of benzene rings is 2. The van der Waals surface area contributed by atoms with Crippen LogP contribution in [0.15, 0.2) is 72.9 Å². The largest absolute Gasteiger partial charge is 0.489 e. The third-order valence-electron chi connectivity index (χ3n) is 4.97. The Bertz CT molecular complexity index is 925. The summed E-state index contributed by atoms with van der Waals surface area (Å²) in [5.41, 5.74) is 2.28. The molecule has 0 radical (unpaired) electrons. The van der Waals surface area contributed by atoms with Gasteiger partial charge in [-0.05, 0) is 36.2 Å². The lowest BCUT2D eigenvalue weighted by Gasteiger charge is -2.11. The van der Waals surface area contributed by atoms with E-state index >= 15 is 0 Å². The Morgan fingerprint density at radius 3 is 2.60 bits per heavy atom. The number of hydrogen-bond acceptors (Lipinski definition) is 4. The number of unbranched alkanes of at least 4 members (excludes halogenated alkanes) is 4. The van der Waals surface area contributed by atoms with Crippen LogP contribution < -0.4 is 10.1 Å². The van der Waals surface area contributed by atoms with Gasteiger partial charge in [-0.2, -0.15) is 0 Å². The molecule has 2 aromatic carbocycles. The van der Waals surface area contributed by atoms with Crippen molar-refractivity contribution in [3.8, 4) is 5.75 Å². The molecule has 0 unspecified atom stereocenters. The molecule has 0 fully saturated rings. The van der Waals surface area contributed by atoms with Gasteiger partial charge in [0.1, 0.15) is 18.2 Å². The van der Waals surface area contributed by atoms with Crippen molar-refractivity contribution in [2.75, 3.05) is 11.9 Å². The van der Waals surface area contributed by atoms with Gasteiger partial charge in [-0.15, -0.1) is 0 Å². The summed E-state index contributed by atoms with van der Waals surface area (Å²) in [5, 5.41) is 3.34. The van der Waals surface area contributed by atoms with Crippen LogP contribution in [0.4, 0.5) is 5.82 Å². The van der Waals surface area contributed by atoms with Crippen molar-refractivity contribution in [3.63, 3.8) is 0 Å². The zero-order valence-electron chi connectivity index (χ0n) is 17.6. The number of ketones is 1. The van der Waals surface area contributed by atoms with E-state index in [9.17, 15) is 4.79 Å². The SMILES string of the molecule is CCCCCCCNc1ncccc1C(=O)c1cccc(OCc2ccccc2)c1. The lowest BCUT2D eigenvalue weighted by Crippen LogP contribution is -2.11.